The van der Waals surface area contributed by atoms with Gasteiger partial charge in [-0.1, -0.05) is 24.6 Å². The van der Waals surface area contributed by atoms with Crippen molar-refractivity contribution < 1.29 is 22.7 Å². The van der Waals surface area contributed by atoms with Crippen LogP contribution in [-0.4, -0.2) is 57.7 Å². The van der Waals surface area contributed by atoms with Crippen molar-refractivity contribution in [1.82, 2.24) is 4.90 Å². The van der Waals surface area contributed by atoms with Crippen LogP contribution in [0.1, 0.15) is 31.7 Å². The van der Waals surface area contributed by atoms with Crippen LogP contribution >= 0.6 is 11.6 Å². The van der Waals surface area contributed by atoms with Gasteiger partial charge in [-0.3, -0.25) is 13.9 Å². The summed E-state index contributed by atoms with van der Waals surface area (Å²) in [5.74, 6) is -0.768. The molecule has 2 rings (SSSR count). The zero-order valence-corrected chi connectivity index (χ0v) is 18.2. The van der Waals surface area contributed by atoms with Gasteiger partial charge in [0.1, 0.15) is 6.04 Å². The van der Waals surface area contributed by atoms with E-state index in [1.165, 1.54) is 7.11 Å². The highest BCUT2D eigenvalue weighted by molar-refractivity contribution is 7.92. The normalized spacial score (nSPS) is 16.5. The van der Waals surface area contributed by atoms with Crippen molar-refractivity contribution in [1.29, 1.82) is 0 Å². The SMILES string of the molecule is CC[C@@H](C(=O)N1CCC(C(=O)OC)CC1)N(c1ccc(C)c(Cl)c1)S(C)(=O)=O. The molecule has 0 spiro atoms. The van der Waals surface area contributed by atoms with Crippen molar-refractivity contribution in [2.24, 2.45) is 5.92 Å². The third kappa shape index (κ3) is 4.97. The molecule has 1 aliphatic rings. The van der Waals surface area contributed by atoms with Crippen molar-refractivity contribution in [3.8, 4) is 0 Å². The molecule has 1 fully saturated rings. The average molecular weight is 431 g/mol. The number of rotatable bonds is 6. The third-order valence-electron chi connectivity index (χ3n) is 5.06. The first-order valence-corrected chi connectivity index (χ1v) is 11.4. The lowest BCUT2D eigenvalue weighted by Crippen LogP contribution is -2.52. The van der Waals surface area contributed by atoms with Crippen molar-refractivity contribution in [3.05, 3.63) is 28.8 Å². The van der Waals surface area contributed by atoms with E-state index < -0.39 is 16.1 Å². The van der Waals surface area contributed by atoms with E-state index in [1.54, 1.807) is 30.0 Å². The lowest BCUT2D eigenvalue weighted by Gasteiger charge is -2.37. The molecule has 1 atom stereocenters. The van der Waals surface area contributed by atoms with E-state index in [4.69, 9.17) is 16.3 Å². The highest BCUT2D eigenvalue weighted by Crippen LogP contribution is 2.29. The van der Waals surface area contributed by atoms with Gasteiger partial charge in [0.2, 0.25) is 15.9 Å². The van der Waals surface area contributed by atoms with Crippen LogP contribution in [0.15, 0.2) is 18.2 Å². The Kier molecular flexibility index (Phi) is 7.33. The second kappa shape index (κ2) is 9.13. The summed E-state index contributed by atoms with van der Waals surface area (Å²) in [4.78, 5) is 26.5. The van der Waals surface area contributed by atoms with E-state index in [1.807, 2.05) is 6.92 Å². The molecule has 1 saturated heterocycles. The van der Waals surface area contributed by atoms with Crippen LogP contribution in [0.5, 0.6) is 0 Å². The number of hydrogen-bond acceptors (Lipinski definition) is 5. The fourth-order valence-electron chi connectivity index (χ4n) is 3.48. The number of halogens is 1. The van der Waals surface area contributed by atoms with Crippen molar-refractivity contribution in [2.45, 2.75) is 39.2 Å². The minimum atomic E-state index is -3.72. The van der Waals surface area contributed by atoms with Gasteiger partial charge in [-0.15, -0.1) is 0 Å². The van der Waals surface area contributed by atoms with E-state index in [9.17, 15) is 18.0 Å². The first kappa shape index (κ1) is 22.5. The van der Waals surface area contributed by atoms with E-state index in [0.717, 1.165) is 16.1 Å². The number of methoxy groups -OCH3 is 1. The van der Waals surface area contributed by atoms with Gasteiger partial charge in [-0.05, 0) is 43.9 Å². The number of likely N-dealkylation sites (tertiary alicyclic amines) is 1. The fourth-order valence-corrected chi connectivity index (χ4v) is 4.85. The maximum absolute atomic E-state index is 13.2. The summed E-state index contributed by atoms with van der Waals surface area (Å²) in [6, 6.07) is 4.08. The average Bonchev–Trinajstić information content (AvgIpc) is 2.66. The zero-order chi connectivity index (χ0) is 21.1. The zero-order valence-electron chi connectivity index (χ0n) is 16.6. The topological polar surface area (TPSA) is 84.0 Å². The summed E-state index contributed by atoms with van der Waals surface area (Å²) in [5, 5.41) is 0.437. The summed E-state index contributed by atoms with van der Waals surface area (Å²) in [6.45, 7) is 4.38. The summed E-state index contributed by atoms with van der Waals surface area (Å²) in [5.41, 5.74) is 1.19. The lowest BCUT2D eigenvalue weighted by atomic mass is 9.96. The summed E-state index contributed by atoms with van der Waals surface area (Å²) >= 11 is 6.18. The van der Waals surface area contributed by atoms with Crippen LogP contribution in [0, 0.1) is 12.8 Å². The number of anilines is 1. The number of benzene rings is 1. The molecule has 1 heterocycles. The van der Waals surface area contributed by atoms with Gasteiger partial charge in [0.15, 0.2) is 0 Å². The van der Waals surface area contributed by atoms with Gasteiger partial charge in [-0.2, -0.15) is 0 Å². The summed E-state index contributed by atoms with van der Waals surface area (Å²) < 4.78 is 31.0. The maximum Gasteiger partial charge on any atom is 0.308 e. The molecular formula is C19H27ClN2O5S. The molecule has 7 nitrogen and oxygen atoms in total. The Morgan fingerprint density at radius 2 is 1.93 bits per heavy atom. The Bertz CT molecular complexity index is 835. The minimum absolute atomic E-state index is 0.226. The first-order valence-electron chi connectivity index (χ1n) is 9.22. The number of esters is 1. The number of hydrogen-bond donors (Lipinski definition) is 0. The van der Waals surface area contributed by atoms with E-state index in [2.05, 4.69) is 0 Å². The Labute approximate surface area is 171 Å². The fraction of sp³-hybridized carbons (Fsp3) is 0.579. The number of ether oxygens (including phenoxy) is 1. The number of amides is 1. The van der Waals surface area contributed by atoms with Crippen LogP contribution in [0.25, 0.3) is 0 Å². The summed E-state index contributed by atoms with van der Waals surface area (Å²) in [7, 11) is -2.37. The van der Waals surface area contributed by atoms with E-state index >= 15 is 0 Å². The van der Waals surface area contributed by atoms with Crippen molar-refractivity contribution in [3.63, 3.8) is 0 Å². The molecule has 0 unspecified atom stereocenters. The van der Waals surface area contributed by atoms with E-state index in [0.29, 0.717) is 43.1 Å². The molecule has 0 N–H and O–H groups in total. The predicted octanol–water partition coefficient (Wildman–Crippen LogP) is 2.60. The molecule has 0 radical (unpaired) electrons. The predicted molar refractivity (Wildman–Crippen MR) is 109 cm³/mol. The molecule has 1 amide bonds. The molecule has 1 aromatic rings. The van der Waals surface area contributed by atoms with Gasteiger partial charge in [0.25, 0.3) is 0 Å². The molecule has 0 saturated carbocycles. The number of sulfonamides is 1. The highest BCUT2D eigenvalue weighted by atomic mass is 35.5. The molecule has 28 heavy (non-hydrogen) atoms. The molecule has 9 heteroatoms. The quantitative estimate of drug-likeness (QED) is 0.647. The van der Waals surface area contributed by atoms with Gasteiger partial charge in [0, 0.05) is 18.1 Å². The van der Waals surface area contributed by atoms with Crippen molar-refractivity contribution in [2.75, 3.05) is 30.8 Å². The van der Waals surface area contributed by atoms with Gasteiger partial charge in [0.05, 0.1) is 25.0 Å². The Balaban J connectivity index is 2.28. The van der Waals surface area contributed by atoms with Gasteiger partial charge < -0.3 is 9.64 Å². The molecule has 156 valence electrons. The second-order valence-electron chi connectivity index (χ2n) is 7.04. The van der Waals surface area contributed by atoms with Crippen LogP contribution in [0.4, 0.5) is 5.69 Å². The van der Waals surface area contributed by atoms with Crippen molar-refractivity contribution >= 4 is 39.2 Å². The monoisotopic (exact) mass is 430 g/mol. The Hall–Kier alpha value is -1.80. The number of nitrogens with zero attached hydrogens (tertiary/aromatic N) is 2. The molecule has 0 bridgehead atoms. The second-order valence-corrected chi connectivity index (χ2v) is 9.31. The van der Waals surface area contributed by atoms with Crippen LogP contribution < -0.4 is 4.31 Å². The molecule has 1 aromatic carbocycles. The molecular weight excluding hydrogens is 404 g/mol. The number of aryl methyl sites for hydroxylation is 1. The van der Waals surface area contributed by atoms with Crippen LogP contribution in [-0.2, 0) is 24.3 Å². The molecule has 0 aromatic heterocycles. The highest BCUT2D eigenvalue weighted by Gasteiger charge is 2.36. The Morgan fingerprint density at radius 1 is 1.32 bits per heavy atom. The molecule has 0 aliphatic carbocycles. The minimum Gasteiger partial charge on any atom is -0.469 e. The summed E-state index contributed by atoms with van der Waals surface area (Å²) in [6.07, 6.45) is 2.41. The lowest BCUT2D eigenvalue weighted by molar-refractivity contribution is -0.149. The number of piperidine rings is 1. The van der Waals surface area contributed by atoms with Crippen LogP contribution in [0.3, 0.4) is 0 Å². The maximum atomic E-state index is 13.2. The van der Waals surface area contributed by atoms with Crippen LogP contribution in [0.2, 0.25) is 5.02 Å². The largest absolute Gasteiger partial charge is 0.469 e. The standard InChI is InChI=1S/C19H27ClN2O5S/c1-5-17(18(23)21-10-8-14(9-11-21)19(24)27-3)22(28(4,25)26)15-7-6-13(2)16(20)12-15/h6-7,12,14,17H,5,8-11H2,1-4H3/t17-/m0/s1. The van der Waals surface area contributed by atoms with E-state index in [-0.39, 0.29) is 17.8 Å². The third-order valence-corrected chi connectivity index (χ3v) is 6.65. The smallest absolute Gasteiger partial charge is 0.308 e. The molecule has 1 aliphatic heterocycles. The van der Waals surface area contributed by atoms with Gasteiger partial charge in [-0.25, -0.2) is 8.42 Å². The number of carbonyl (C=O) groups is 2. The Morgan fingerprint density at radius 3 is 2.39 bits per heavy atom. The first-order chi connectivity index (χ1) is 13.1. The van der Waals surface area contributed by atoms with Gasteiger partial charge >= 0.3 is 5.97 Å². The number of carbonyl (C=O) groups excluding carboxylic acids is 2.